The number of carbonyl (C=O) groups is 2. The Bertz CT molecular complexity index is 592. The van der Waals surface area contributed by atoms with Crippen LogP contribution < -0.4 is 5.32 Å². The van der Waals surface area contributed by atoms with Crippen LogP contribution in [0.25, 0.3) is 0 Å². The van der Waals surface area contributed by atoms with Crippen LogP contribution in [0.15, 0.2) is 30.3 Å². The summed E-state index contributed by atoms with van der Waals surface area (Å²) in [5, 5.41) is 2.82. The van der Waals surface area contributed by atoms with Crippen molar-refractivity contribution < 1.29 is 28.5 Å². The molecular formula is C17H21NO6. The molecule has 2 aliphatic rings. The summed E-state index contributed by atoms with van der Waals surface area (Å²) < 4.78 is 22.4. The highest BCUT2D eigenvalue weighted by molar-refractivity contribution is 5.73. The van der Waals surface area contributed by atoms with Crippen molar-refractivity contribution >= 4 is 11.9 Å². The lowest BCUT2D eigenvalue weighted by atomic mass is 10.0. The molecule has 0 bridgehead atoms. The maximum Gasteiger partial charge on any atom is 0.302 e. The molecule has 2 fully saturated rings. The van der Waals surface area contributed by atoms with E-state index in [-0.39, 0.29) is 36.7 Å². The van der Waals surface area contributed by atoms with Crippen molar-refractivity contribution in [2.24, 2.45) is 0 Å². The molecule has 24 heavy (non-hydrogen) atoms. The first-order valence-corrected chi connectivity index (χ1v) is 7.91. The summed E-state index contributed by atoms with van der Waals surface area (Å²) in [6, 6.07) is 9.29. The Hall–Kier alpha value is -1.96. The highest BCUT2D eigenvalue weighted by Gasteiger charge is 2.58. The summed E-state index contributed by atoms with van der Waals surface area (Å²) in [5.74, 6) is -0.550. The Balaban J connectivity index is 1.64. The second-order valence-corrected chi connectivity index (χ2v) is 5.93. The Morgan fingerprint density at radius 3 is 2.54 bits per heavy atom. The minimum absolute atomic E-state index is 0.106. The van der Waals surface area contributed by atoms with Gasteiger partial charge in [0.25, 0.3) is 0 Å². The number of hydrogen-bond acceptors (Lipinski definition) is 6. The van der Waals surface area contributed by atoms with Gasteiger partial charge in [0.1, 0.15) is 31.0 Å². The van der Waals surface area contributed by atoms with Crippen molar-refractivity contribution in [2.75, 3.05) is 6.61 Å². The van der Waals surface area contributed by atoms with Crippen LogP contribution in [0.2, 0.25) is 0 Å². The summed E-state index contributed by atoms with van der Waals surface area (Å²) in [5.41, 5.74) is 0.998. The van der Waals surface area contributed by atoms with Gasteiger partial charge in [-0.05, 0) is 5.56 Å². The lowest BCUT2D eigenvalue weighted by Crippen LogP contribution is -2.55. The number of fused-ring (bicyclic) bond motifs is 1. The van der Waals surface area contributed by atoms with E-state index in [9.17, 15) is 9.59 Å². The van der Waals surface area contributed by atoms with Crippen LogP contribution in [0.5, 0.6) is 0 Å². The molecule has 0 unspecified atom stereocenters. The predicted molar refractivity (Wildman–Crippen MR) is 82.8 cm³/mol. The first kappa shape index (κ1) is 16.9. The zero-order valence-electron chi connectivity index (χ0n) is 13.6. The van der Waals surface area contributed by atoms with E-state index >= 15 is 0 Å². The zero-order chi connectivity index (χ0) is 17.1. The molecule has 1 aromatic rings. The molecule has 0 saturated carbocycles. The Labute approximate surface area is 140 Å². The number of carbonyl (C=O) groups excluding carboxylic acids is 2. The predicted octanol–water partition coefficient (Wildman–Crippen LogP) is 0.763. The number of rotatable bonds is 6. The van der Waals surface area contributed by atoms with Gasteiger partial charge in [-0.15, -0.1) is 0 Å². The molecule has 5 atom stereocenters. The highest BCUT2D eigenvalue weighted by atomic mass is 16.7. The van der Waals surface area contributed by atoms with Gasteiger partial charge in [-0.3, -0.25) is 9.59 Å². The first-order valence-electron chi connectivity index (χ1n) is 7.91. The van der Waals surface area contributed by atoms with E-state index < -0.39 is 12.4 Å². The quantitative estimate of drug-likeness (QED) is 0.610. The molecule has 1 amide bonds. The molecule has 3 rings (SSSR count). The molecule has 1 aromatic carbocycles. The average molecular weight is 335 g/mol. The minimum Gasteiger partial charge on any atom is -0.463 e. The fraction of sp³-hybridized carbons (Fsp3) is 0.529. The molecule has 1 N–H and O–H groups in total. The number of ether oxygens (including phenoxy) is 4. The number of hydrogen-bond donors (Lipinski definition) is 1. The maximum absolute atomic E-state index is 11.4. The normalized spacial score (nSPS) is 31.0. The molecule has 2 aliphatic heterocycles. The monoisotopic (exact) mass is 335 g/mol. The smallest absolute Gasteiger partial charge is 0.302 e. The van der Waals surface area contributed by atoms with Crippen LogP contribution in [-0.4, -0.2) is 49.1 Å². The molecule has 130 valence electrons. The number of nitrogens with one attached hydrogen (secondary N) is 1. The van der Waals surface area contributed by atoms with Crippen molar-refractivity contribution in [3.8, 4) is 0 Å². The number of esters is 1. The fourth-order valence-corrected chi connectivity index (χ4v) is 2.83. The molecule has 0 spiro atoms. The summed E-state index contributed by atoms with van der Waals surface area (Å²) in [4.78, 5) is 22.4. The largest absolute Gasteiger partial charge is 0.463 e. The fourth-order valence-electron chi connectivity index (χ4n) is 2.83. The van der Waals surface area contributed by atoms with Gasteiger partial charge >= 0.3 is 5.97 Å². The van der Waals surface area contributed by atoms with Crippen molar-refractivity contribution in [3.05, 3.63) is 35.9 Å². The van der Waals surface area contributed by atoms with Gasteiger partial charge in [-0.2, -0.15) is 0 Å². The van der Waals surface area contributed by atoms with Gasteiger partial charge in [-0.25, -0.2) is 0 Å². The average Bonchev–Trinajstić information content (AvgIpc) is 3.34. The number of benzene rings is 1. The third kappa shape index (κ3) is 4.11. The maximum atomic E-state index is 11.4. The van der Waals surface area contributed by atoms with Crippen molar-refractivity contribution in [3.63, 3.8) is 0 Å². The van der Waals surface area contributed by atoms with Crippen LogP contribution in [-0.2, 0) is 35.1 Å². The van der Waals surface area contributed by atoms with Crippen LogP contribution in [0.3, 0.4) is 0 Å². The lowest BCUT2D eigenvalue weighted by molar-refractivity contribution is -0.214. The van der Waals surface area contributed by atoms with E-state index in [0.717, 1.165) is 5.56 Å². The van der Waals surface area contributed by atoms with Gasteiger partial charge in [0.05, 0.1) is 6.61 Å². The van der Waals surface area contributed by atoms with Gasteiger partial charge < -0.3 is 24.3 Å². The van der Waals surface area contributed by atoms with Gasteiger partial charge in [-0.1, -0.05) is 30.3 Å². The number of epoxide rings is 1. The third-order valence-electron chi connectivity index (χ3n) is 3.96. The van der Waals surface area contributed by atoms with Crippen molar-refractivity contribution in [2.45, 2.75) is 51.1 Å². The molecule has 0 radical (unpaired) electrons. The third-order valence-corrected chi connectivity index (χ3v) is 3.96. The van der Waals surface area contributed by atoms with Crippen LogP contribution >= 0.6 is 0 Å². The second kappa shape index (κ2) is 7.29. The van der Waals surface area contributed by atoms with E-state index in [1.807, 2.05) is 30.3 Å². The molecule has 7 nitrogen and oxygen atoms in total. The first-order chi connectivity index (χ1) is 11.5. The topological polar surface area (TPSA) is 86.4 Å². The van der Waals surface area contributed by atoms with Crippen LogP contribution in [0, 0.1) is 0 Å². The second-order valence-electron chi connectivity index (χ2n) is 5.93. The Kier molecular flexibility index (Phi) is 5.13. The van der Waals surface area contributed by atoms with Crippen molar-refractivity contribution in [1.82, 2.24) is 5.32 Å². The van der Waals surface area contributed by atoms with Gasteiger partial charge in [0, 0.05) is 13.8 Å². The molecule has 0 aromatic heterocycles. The Morgan fingerprint density at radius 2 is 1.88 bits per heavy atom. The summed E-state index contributed by atoms with van der Waals surface area (Å²) in [7, 11) is 0. The van der Waals surface area contributed by atoms with Gasteiger partial charge in [0.15, 0.2) is 6.29 Å². The van der Waals surface area contributed by atoms with E-state index in [4.69, 9.17) is 18.9 Å². The summed E-state index contributed by atoms with van der Waals surface area (Å²) in [6.07, 6.45) is -1.45. The van der Waals surface area contributed by atoms with E-state index in [1.54, 1.807) is 0 Å². The van der Waals surface area contributed by atoms with E-state index in [0.29, 0.717) is 6.61 Å². The standard InChI is InChI=1S/C17H21NO6/c1-10(19)18-14-16-15(24-16)13(9-21-11(2)20)23-17(14)22-8-12-6-4-3-5-7-12/h3-7,13-17H,8-9H2,1-2H3,(H,18,19)/t13-,14+,15-,16-,17-/m0/s1. The Morgan fingerprint density at radius 1 is 1.12 bits per heavy atom. The minimum atomic E-state index is -0.668. The molecular weight excluding hydrogens is 314 g/mol. The molecule has 2 saturated heterocycles. The van der Waals surface area contributed by atoms with E-state index in [2.05, 4.69) is 5.32 Å². The molecule has 7 heteroatoms. The number of amides is 1. The van der Waals surface area contributed by atoms with Crippen molar-refractivity contribution in [1.29, 1.82) is 0 Å². The highest BCUT2D eigenvalue weighted by Crippen LogP contribution is 2.38. The van der Waals surface area contributed by atoms with Gasteiger partial charge in [0.2, 0.25) is 5.91 Å². The zero-order valence-corrected chi connectivity index (χ0v) is 13.6. The summed E-state index contributed by atoms with van der Waals surface area (Å²) >= 11 is 0. The van der Waals surface area contributed by atoms with Crippen LogP contribution in [0.1, 0.15) is 19.4 Å². The SMILES string of the molecule is CC(=O)N[C@H]1[C@@H](OCc2ccccc2)O[C@@H](COC(C)=O)[C@@H]2O[C@@H]12. The molecule has 2 heterocycles. The van der Waals surface area contributed by atoms with E-state index in [1.165, 1.54) is 13.8 Å². The molecule has 0 aliphatic carbocycles. The lowest BCUT2D eigenvalue weighted by Gasteiger charge is -2.33. The van der Waals surface area contributed by atoms with Crippen LogP contribution in [0.4, 0.5) is 0 Å². The summed E-state index contributed by atoms with van der Waals surface area (Å²) in [6.45, 7) is 3.24.